The van der Waals surface area contributed by atoms with Crippen molar-refractivity contribution in [2.24, 2.45) is 5.92 Å². The summed E-state index contributed by atoms with van der Waals surface area (Å²) in [6.07, 6.45) is 38.2. The van der Waals surface area contributed by atoms with Gasteiger partial charge in [-0.25, -0.2) is 0 Å². The van der Waals surface area contributed by atoms with Crippen molar-refractivity contribution in [2.75, 3.05) is 13.2 Å². The van der Waals surface area contributed by atoms with Crippen molar-refractivity contribution in [3.8, 4) is 0 Å². The summed E-state index contributed by atoms with van der Waals surface area (Å²) in [6, 6.07) is 0. The fourth-order valence-electron chi connectivity index (χ4n) is 5.54. The Morgan fingerprint density at radius 2 is 1.00 bits per heavy atom. The molecule has 2 nitrogen and oxygen atoms in total. The number of hydrogen-bond acceptors (Lipinski definition) is 2. The molecule has 0 aromatic rings. The van der Waals surface area contributed by atoms with Gasteiger partial charge in [0.25, 0.3) is 0 Å². The molecule has 0 spiro atoms. The molecular formula is C33H66O2. The summed E-state index contributed by atoms with van der Waals surface area (Å²) in [7, 11) is 0. The van der Waals surface area contributed by atoms with Gasteiger partial charge in [-0.15, -0.1) is 0 Å². The molecule has 2 atom stereocenters. The Morgan fingerprint density at radius 3 is 1.43 bits per heavy atom. The summed E-state index contributed by atoms with van der Waals surface area (Å²) in [6.45, 7) is 6.58. The van der Waals surface area contributed by atoms with E-state index < -0.39 is 0 Å². The van der Waals surface area contributed by atoms with Crippen LogP contribution in [-0.2, 0) is 9.47 Å². The number of unbranched alkanes of at least 4 members (excludes halogenated alkanes) is 20. The lowest BCUT2D eigenvalue weighted by atomic mass is 9.95. The van der Waals surface area contributed by atoms with Gasteiger partial charge in [-0.1, -0.05) is 162 Å². The largest absolute Gasteiger partial charge is 0.353 e. The van der Waals surface area contributed by atoms with Crippen LogP contribution in [0.1, 0.15) is 187 Å². The maximum atomic E-state index is 5.82. The molecule has 1 saturated heterocycles. The number of rotatable bonds is 27. The topological polar surface area (TPSA) is 18.5 Å². The van der Waals surface area contributed by atoms with Gasteiger partial charge >= 0.3 is 0 Å². The molecule has 0 bridgehead atoms. The summed E-state index contributed by atoms with van der Waals surface area (Å²) in [4.78, 5) is 0. The van der Waals surface area contributed by atoms with E-state index in [-0.39, 0.29) is 6.29 Å². The van der Waals surface area contributed by atoms with Gasteiger partial charge in [0.05, 0.1) is 0 Å². The highest BCUT2D eigenvalue weighted by atomic mass is 16.7. The van der Waals surface area contributed by atoms with Crippen LogP contribution in [0.3, 0.4) is 0 Å². The van der Waals surface area contributed by atoms with E-state index in [4.69, 9.17) is 9.47 Å². The fourth-order valence-corrected chi connectivity index (χ4v) is 5.54. The molecule has 1 unspecified atom stereocenters. The minimum Gasteiger partial charge on any atom is -0.353 e. The molecule has 1 rings (SSSR count). The van der Waals surface area contributed by atoms with Crippen LogP contribution in [0, 0.1) is 5.92 Å². The van der Waals surface area contributed by atoms with Crippen LogP contribution in [0.2, 0.25) is 0 Å². The van der Waals surface area contributed by atoms with Gasteiger partial charge in [0.1, 0.15) is 0 Å². The van der Waals surface area contributed by atoms with Crippen molar-refractivity contribution in [1.29, 1.82) is 0 Å². The predicted molar refractivity (Wildman–Crippen MR) is 155 cm³/mol. The molecule has 0 aromatic carbocycles. The quantitative estimate of drug-likeness (QED) is 0.106. The first-order chi connectivity index (χ1) is 17.3. The predicted octanol–water partition coefficient (Wildman–Crippen LogP) is 11.5. The van der Waals surface area contributed by atoms with Crippen LogP contribution < -0.4 is 0 Å². The van der Waals surface area contributed by atoms with Crippen molar-refractivity contribution in [1.82, 2.24) is 0 Å². The third kappa shape index (κ3) is 24.0. The van der Waals surface area contributed by atoms with E-state index in [9.17, 15) is 0 Å². The Bertz CT molecular complexity index is 391. The first-order valence-electron chi connectivity index (χ1n) is 16.6. The van der Waals surface area contributed by atoms with Crippen LogP contribution >= 0.6 is 0 Å². The number of hydrogen-bond donors (Lipinski definition) is 0. The van der Waals surface area contributed by atoms with Crippen LogP contribution in [-0.4, -0.2) is 19.5 Å². The highest BCUT2D eigenvalue weighted by Gasteiger charge is 2.13. The van der Waals surface area contributed by atoms with Crippen LogP contribution in [0.15, 0.2) is 0 Å². The summed E-state index contributed by atoms with van der Waals surface area (Å²) < 4.78 is 11.4. The van der Waals surface area contributed by atoms with Gasteiger partial charge in [0, 0.05) is 13.2 Å². The first-order valence-corrected chi connectivity index (χ1v) is 16.6. The standard InChI is InChI=1S/C33H66O2/c1-3-4-5-6-7-8-9-10-13-16-19-22-27-32(2)28-23-20-17-14-11-12-15-18-21-25-30-34-33-29-24-26-31-35-33/h32-33H,3-31H2,1-2H3/t32-,33?/m1/s1. The van der Waals surface area contributed by atoms with Crippen molar-refractivity contribution < 1.29 is 9.47 Å². The monoisotopic (exact) mass is 495 g/mol. The Labute approximate surface area is 222 Å². The maximum absolute atomic E-state index is 5.82. The van der Waals surface area contributed by atoms with Gasteiger partial charge in [-0.3, -0.25) is 0 Å². The van der Waals surface area contributed by atoms with Gasteiger partial charge in [-0.05, 0) is 31.6 Å². The molecule has 2 heteroatoms. The molecule has 0 saturated carbocycles. The van der Waals surface area contributed by atoms with E-state index in [0.29, 0.717) is 0 Å². The summed E-state index contributed by atoms with van der Waals surface area (Å²) in [5, 5.41) is 0. The molecule has 0 amide bonds. The van der Waals surface area contributed by atoms with E-state index in [1.54, 1.807) is 0 Å². The smallest absolute Gasteiger partial charge is 0.157 e. The molecular weight excluding hydrogens is 428 g/mol. The highest BCUT2D eigenvalue weighted by Crippen LogP contribution is 2.19. The zero-order chi connectivity index (χ0) is 25.1. The fraction of sp³-hybridized carbons (Fsp3) is 1.00. The van der Waals surface area contributed by atoms with Crippen molar-refractivity contribution in [3.63, 3.8) is 0 Å². The summed E-state index contributed by atoms with van der Waals surface area (Å²) >= 11 is 0. The number of ether oxygens (including phenoxy) is 2. The van der Waals surface area contributed by atoms with Gasteiger partial charge < -0.3 is 9.47 Å². The molecule has 1 aliphatic heterocycles. The third-order valence-electron chi connectivity index (χ3n) is 8.08. The molecule has 1 aliphatic rings. The first kappa shape index (κ1) is 32.9. The van der Waals surface area contributed by atoms with Crippen molar-refractivity contribution >= 4 is 0 Å². The van der Waals surface area contributed by atoms with Gasteiger partial charge in [0.15, 0.2) is 6.29 Å². The Morgan fingerprint density at radius 1 is 0.571 bits per heavy atom. The minimum atomic E-state index is 0.0982. The van der Waals surface area contributed by atoms with Crippen LogP contribution in [0.4, 0.5) is 0 Å². The second kappa shape index (κ2) is 27.0. The molecule has 210 valence electrons. The van der Waals surface area contributed by atoms with E-state index >= 15 is 0 Å². The molecule has 0 aromatic heterocycles. The zero-order valence-electron chi connectivity index (χ0n) is 24.5. The van der Waals surface area contributed by atoms with E-state index in [0.717, 1.165) is 25.6 Å². The molecule has 0 N–H and O–H groups in total. The average molecular weight is 495 g/mol. The Balaban J connectivity index is 1.68. The average Bonchev–Trinajstić information content (AvgIpc) is 2.88. The Hall–Kier alpha value is -0.0800. The van der Waals surface area contributed by atoms with Crippen LogP contribution in [0.5, 0.6) is 0 Å². The molecule has 1 heterocycles. The summed E-state index contributed by atoms with van der Waals surface area (Å²) in [5.74, 6) is 0.951. The lowest BCUT2D eigenvalue weighted by molar-refractivity contribution is -0.162. The lowest BCUT2D eigenvalue weighted by Gasteiger charge is -2.22. The normalized spacial score (nSPS) is 17.1. The second-order valence-corrected chi connectivity index (χ2v) is 11.8. The summed E-state index contributed by atoms with van der Waals surface area (Å²) in [5.41, 5.74) is 0. The second-order valence-electron chi connectivity index (χ2n) is 11.8. The molecule has 0 radical (unpaired) electrons. The van der Waals surface area contributed by atoms with E-state index in [2.05, 4.69) is 13.8 Å². The molecule has 35 heavy (non-hydrogen) atoms. The molecule has 0 aliphatic carbocycles. The maximum Gasteiger partial charge on any atom is 0.157 e. The lowest BCUT2D eigenvalue weighted by Crippen LogP contribution is -2.22. The SMILES string of the molecule is CCCCCCCCCCCCCC[C@@H](C)CCCCCCCCCCCCOC1CCCCO1. The van der Waals surface area contributed by atoms with E-state index in [1.165, 1.54) is 167 Å². The van der Waals surface area contributed by atoms with Crippen molar-refractivity contribution in [3.05, 3.63) is 0 Å². The minimum absolute atomic E-state index is 0.0982. The zero-order valence-corrected chi connectivity index (χ0v) is 24.5. The van der Waals surface area contributed by atoms with Crippen LogP contribution in [0.25, 0.3) is 0 Å². The molecule has 1 fully saturated rings. The van der Waals surface area contributed by atoms with Crippen molar-refractivity contribution in [2.45, 2.75) is 193 Å². The van der Waals surface area contributed by atoms with E-state index in [1.807, 2.05) is 0 Å². The highest BCUT2D eigenvalue weighted by molar-refractivity contribution is 4.57. The van der Waals surface area contributed by atoms with Gasteiger partial charge in [-0.2, -0.15) is 0 Å². The Kier molecular flexibility index (Phi) is 25.4. The third-order valence-corrected chi connectivity index (χ3v) is 8.08. The van der Waals surface area contributed by atoms with Gasteiger partial charge in [0.2, 0.25) is 0 Å².